The summed E-state index contributed by atoms with van der Waals surface area (Å²) < 4.78 is 4.62. The van der Waals surface area contributed by atoms with Crippen LogP contribution in [0.15, 0.2) is 18.3 Å². The van der Waals surface area contributed by atoms with Crippen LogP contribution in [0.1, 0.15) is 22.5 Å². The summed E-state index contributed by atoms with van der Waals surface area (Å²) in [4.78, 5) is 15.3. The van der Waals surface area contributed by atoms with Gasteiger partial charge in [-0.3, -0.25) is 0 Å². The maximum absolute atomic E-state index is 11.3. The van der Waals surface area contributed by atoms with Crippen molar-refractivity contribution in [1.29, 1.82) is 0 Å². The Morgan fingerprint density at radius 2 is 2.33 bits per heavy atom. The Hall–Kier alpha value is -1.13. The number of carbonyl (C=O) groups is 1. The van der Waals surface area contributed by atoms with Crippen molar-refractivity contribution in [1.82, 2.24) is 4.98 Å². The zero-order valence-corrected chi connectivity index (χ0v) is 9.42. The Labute approximate surface area is 95.2 Å². The molecule has 0 saturated heterocycles. The Morgan fingerprint density at radius 1 is 1.60 bits per heavy atom. The summed E-state index contributed by atoms with van der Waals surface area (Å²) in [5.41, 5.74) is 6.68. The van der Waals surface area contributed by atoms with E-state index < -0.39 is 5.97 Å². The highest BCUT2D eigenvalue weighted by Crippen LogP contribution is 2.08. The van der Waals surface area contributed by atoms with Crippen LogP contribution in [-0.4, -0.2) is 24.6 Å². The zero-order chi connectivity index (χ0) is 10.4. The van der Waals surface area contributed by atoms with Crippen molar-refractivity contribution >= 4 is 18.4 Å². The lowest BCUT2D eigenvalue weighted by Gasteiger charge is -2.05. The van der Waals surface area contributed by atoms with Gasteiger partial charge in [-0.2, -0.15) is 0 Å². The minimum Gasteiger partial charge on any atom is -0.464 e. The van der Waals surface area contributed by atoms with Crippen molar-refractivity contribution in [3.63, 3.8) is 0 Å². The number of hydrogen-bond acceptors (Lipinski definition) is 4. The van der Waals surface area contributed by atoms with Gasteiger partial charge in [0, 0.05) is 6.20 Å². The quantitative estimate of drug-likeness (QED) is 0.789. The van der Waals surface area contributed by atoms with Gasteiger partial charge in [0.25, 0.3) is 0 Å². The molecule has 1 aromatic heterocycles. The molecule has 0 spiro atoms. The third kappa shape index (κ3) is 3.85. The first-order valence-corrected chi connectivity index (χ1v) is 4.52. The molecule has 1 aromatic rings. The van der Waals surface area contributed by atoms with Gasteiger partial charge in [-0.1, -0.05) is 6.07 Å². The van der Waals surface area contributed by atoms with Gasteiger partial charge >= 0.3 is 5.97 Å². The van der Waals surface area contributed by atoms with Gasteiger partial charge in [-0.15, -0.1) is 12.4 Å². The molecule has 0 fully saturated rings. The van der Waals surface area contributed by atoms with Crippen LogP contribution in [0.3, 0.4) is 0 Å². The van der Waals surface area contributed by atoms with E-state index in [2.05, 4.69) is 9.72 Å². The average molecular weight is 231 g/mol. The van der Waals surface area contributed by atoms with Crippen molar-refractivity contribution in [2.75, 3.05) is 13.7 Å². The molecule has 1 rings (SSSR count). The normalized spacial score (nSPS) is 9.20. The molecule has 0 aromatic carbocycles. The molecule has 84 valence electrons. The van der Waals surface area contributed by atoms with Crippen molar-refractivity contribution in [3.05, 3.63) is 29.6 Å². The van der Waals surface area contributed by atoms with Crippen molar-refractivity contribution < 1.29 is 9.53 Å². The molecule has 0 bridgehead atoms. The molecule has 0 atom stereocenters. The summed E-state index contributed by atoms with van der Waals surface area (Å²) in [6.07, 6.45) is 3.18. The van der Waals surface area contributed by atoms with Gasteiger partial charge in [0.1, 0.15) is 0 Å². The van der Waals surface area contributed by atoms with Crippen LogP contribution >= 0.6 is 12.4 Å². The van der Waals surface area contributed by atoms with Crippen LogP contribution in [0.5, 0.6) is 0 Å². The molecule has 2 N–H and O–H groups in total. The van der Waals surface area contributed by atoms with E-state index in [4.69, 9.17) is 5.73 Å². The number of esters is 1. The highest BCUT2D eigenvalue weighted by Gasteiger charge is 2.11. The number of hydrogen-bond donors (Lipinski definition) is 1. The first-order chi connectivity index (χ1) is 6.79. The van der Waals surface area contributed by atoms with E-state index in [1.807, 2.05) is 6.07 Å². The topological polar surface area (TPSA) is 65.2 Å². The average Bonchev–Trinajstić information content (AvgIpc) is 2.25. The summed E-state index contributed by atoms with van der Waals surface area (Å²) >= 11 is 0. The van der Waals surface area contributed by atoms with Crippen LogP contribution in [0.25, 0.3) is 0 Å². The van der Waals surface area contributed by atoms with Crippen LogP contribution in [-0.2, 0) is 11.2 Å². The van der Waals surface area contributed by atoms with E-state index in [0.29, 0.717) is 12.2 Å². The predicted molar refractivity (Wildman–Crippen MR) is 60.2 cm³/mol. The van der Waals surface area contributed by atoms with Gasteiger partial charge in [-0.25, -0.2) is 9.78 Å². The largest absolute Gasteiger partial charge is 0.464 e. The number of methoxy groups -OCH3 is 1. The fourth-order valence-electron chi connectivity index (χ4n) is 1.21. The van der Waals surface area contributed by atoms with E-state index in [0.717, 1.165) is 18.4 Å². The fourth-order valence-corrected chi connectivity index (χ4v) is 1.21. The van der Waals surface area contributed by atoms with Gasteiger partial charge in [0.2, 0.25) is 0 Å². The number of pyridine rings is 1. The van der Waals surface area contributed by atoms with Crippen molar-refractivity contribution in [2.45, 2.75) is 12.8 Å². The summed E-state index contributed by atoms with van der Waals surface area (Å²) in [5, 5.41) is 0. The maximum atomic E-state index is 11.3. The number of nitrogens with zero attached hydrogens (tertiary/aromatic N) is 1. The smallest absolute Gasteiger partial charge is 0.356 e. The lowest BCUT2D eigenvalue weighted by atomic mass is 10.1. The summed E-state index contributed by atoms with van der Waals surface area (Å²) in [6.45, 7) is 0.607. The minimum absolute atomic E-state index is 0. The van der Waals surface area contributed by atoms with Crippen LogP contribution < -0.4 is 5.73 Å². The van der Waals surface area contributed by atoms with Crippen LogP contribution in [0.4, 0.5) is 0 Å². The molecule has 0 radical (unpaired) electrons. The number of halogens is 1. The molecule has 5 heteroatoms. The molecule has 1 heterocycles. The number of carbonyl (C=O) groups excluding carboxylic acids is 1. The van der Waals surface area contributed by atoms with Crippen LogP contribution in [0, 0.1) is 0 Å². The van der Waals surface area contributed by atoms with E-state index in [1.165, 1.54) is 7.11 Å². The van der Waals surface area contributed by atoms with E-state index in [9.17, 15) is 4.79 Å². The van der Waals surface area contributed by atoms with E-state index in [1.54, 1.807) is 12.3 Å². The molecule has 0 unspecified atom stereocenters. The molecule has 0 aliphatic rings. The third-order valence-electron chi connectivity index (χ3n) is 1.92. The fraction of sp³-hybridized carbons (Fsp3) is 0.400. The lowest BCUT2D eigenvalue weighted by Crippen LogP contribution is -2.09. The molecular formula is C10H15ClN2O2. The molecule has 4 nitrogen and oxygen atoms in total. The Bertz CT molecular complexity index is 318. The van der Waals surface area contributed by atoms with Gasteiger partial charge < -0.3 is 10.5 Å². The first-order valence-electron chi connectivity index (χ1n) is 4.52. The van der Waals surface area contributed by atoms with Gasteiger partial charge in [0.05, 0.1) is 7.11 Å². The number of rotatable bonds is 4. The monoisotopic (exact) mass is 230 g/mol. The lowest BCUT2D eigenvalue weighted by molar-refractivity contribution is 0.0592. The van der Waals surface area contributed by atoms with Gasteiger partial charge in [-0.05, 0) is 31.0 Å². The van der Waals surface area contributed by atoms with Crippen molar-refractivity contribution in [2.24, 2.45) is 5.73 Å². The molecular weight excluding hydrogens is 216 g/mol. The second-order valence-corrected chi connectivity index (χ2v) is 2.89. The zero-order valence-electron chi connectivity index (χ0n) is 8.60. The summed E-state index contributed by atoms with van der Waals surface area (Å²) in [7, 11) is 1.35. The Balaban J connectivity index is 0.00000196. The van der Waals surface area contributed by atoms with Gasteiger partial charge in [0.15, 0.2) is 5.69 Å². The number of ether oxygens (including phenoxy) is 1. The molecule has 0 saturated carbocycles. The molecule has 0 aliphatic carbocycles. The third-order valence-corrected chi connectivity index (χ3v) is 1.92. The maximum Gasteiger partial charge on any atom is 0.356 e. The summed E-state index contributed by atoms with van der Waals surface area (Å²) in [6, 6.07) is 3.67. The second kappa shape index (κ2) is 7.20. The highest BCUT2D eigenvalue weighted by atomic mass is 35.5. The summed E-state index contributed by atoms with van der Waals surface area (Å²) in [5.74, 6) is -0.391. The number of nitrogens with two attached hydrogens (primary N) is 1. The first kappa shape index (κ1) is 13.9. The standard InChI is InChI=1S/C10H14N2O2.ClH/c1-14-10(13)9-8(4-2-6-11)5-3-7-12-9;/h3,5,7H,2,4,6,11H2,1H3;1H. The number of aromatic nitrogens is 1. The number of aryl methyl sites for hydroxylation is 1. The predicted octanol–water partition coefficient (Wildman–Crippen LogP) is 1.18. The highest BCUT2D eigenvalue weighted by molar-refractivity contribution is 5.88. The molecule has 15 heavy (non-hydrogen) atoms. The van der Waals surface area contributed by atoms with Crippen molar-refractivity contribution in [3.8, 4) is 0 Å². The van der Waals surface area contributed by atoms with E-state index >= 15 is 0 Å². The molecule has 0 amide bonds. The SMILES string of the molecule is COC(=O)c1ncccc1CCCN.Cl. The molecule has 0 aliphatic heterocycles. The minimum atomic E-state index is -0.391. The Morgan fingerprint density at radius 3 is 2.93 bits per heavy atom. The Kier molecular flexibility index (Phi) is 6.66. The van der Waals surface area contributed by atoms with E-state index in [-0.39, 0.29) is 12.4 Å². The second-order valence-electron chi connectivity index (χ2n) is 2.89. The van der Waals surface area contributed by atoms with Crippen LogP contribution in [0.2, 0.25) is 0 Å².